The van der Waals surface area contributed by atoms with Gasteiger partial charge in [-0.3, -0.25) is 0 Å². The highest BCUT2D eigenvalue weighted by atomic mass is 32.2. The van der Waals surface area contributed by atoms with Gasteiger partial charge in [0, 0.05) is 6.42 Å². The molecule has 1 aliphatic carbocycles. The maximum atomic E-state index is 8.41. The summed E-state index contributed by atoms with van der Waals surface area (Å²) in [7, 11) is 0. The molecule has 0 radical (unpaired) electrons. The summed E-state index contributed by atoms with van der Waals surface area (Å²) < 4.78 is 0. The lowest BCUT2D eigenvalue weighted by Crippen LogP contribution is -2.19. The van der Waals surface area contributed by atoms with Crippen LogP contribution in [0.15, 0.2) is 5.16 Å². The fourth-order valence-electron chi connectivity index (χ4n) is 1.29. The van der Waals surface area contributed by atoms with Crippen molar-refractivity contribution >= 4 is 17.6 Å². The summed E-state index contributed by atoms with van der Waals surface area (Å²) in [5.41, 5.74) is 5.83. The fraction of sp³-hybridized carbons (Fsp3) is 0.875. The zero-order valence-corrected chi connectivity index (χ0v) is 8.23. The Hall–Kier alpha value is -0.380. The highest BCUT2D eigenvalue weighted by Crippen LogP contribution is 2.50. The van der Waals surface area contributed by atoms with Crippen LogP contribution in [0.4, 0.5) is 0 Å². The normalized spacial score (nSPS) is 20.9. The molecule has 3 nitrogen and oxygen atoms in total. The van der Waals surface area contributed by atoms with Crippen molar-refractivity contribution in [3.05, 3.63) is 0 Å². The number of hydrogen-bond donors (Lipinski definition) is 2. The second-order valence-electron chi connectivity index (χ2n) is 3.41. The summed E-state index contributed by atoms with van der Waals surface area (Å²) in [6.45, 7) is 2.16. The molecule has 0 saturated heterocycles. The molecule has 1 aliphatic rings. The smallest absolute Gasteiger partial charge is 0.139 e. The molecule has 0 amide bonds. The molecule has 3 N–H and O–H groups in total. The second-order valence-corrected chi connectivity index (χ2v) is 4.68. The number of nitrogens with zero attached hydrogens (tertiary/aromatic N) is 1. The monoisotopic (exact) mass is 188 g/mol. The van der Waals surface area contributed by atoms with E-state index in [2.05, 4.69) is 12.1 Å². The minimum Gasteiger partial charge on any atom is -0.409 e. The molecule has 1 rings (SSSR count). The number of nitrogens with two attached hydrogens (primary N) is 1. The van der Waals surface area contributed by atoms with Crippen LogP contribution in [0.1, 0.15) is 26.2 Å². The van der Waals surface area contributed by atoms with E-state index in [9.17, 15) is 0 Å². The molecule has 0 atom stereocenters. The lowest BCUT2D eigenvalue weighted by molar-refractivity contribution is 0.315. The Kier molecular flexibility index (Phi) is 3.26. The van der Waals surface area contributed by atoms with Crippen LogP contribution in [0.2, 0.25) is 0 Å². The first-order chi connectivity index (χ1) is 5.72. The van der Waals surface area contributed by atoms with E-state index in [1.54, 1.807) is 0 Å². The first kappa shape index (κ1) is 9.71. The third kappa shape index (κ3) is 2.59. The van der Waals surface area contributed by atoms with Crippen LogP contribution in [-0.2, 0) is 0 Å². The zero-order chi connectivity index (χ0) is 9.03. The van der Waals surface area contributed by atoms with Crippen LogP contribution in [0.25, 0.3) is 0 Å². The minimum atomic E-state index is 0.372. The largest absolute Gasteiger partial charge is 0.409 e. The quantitative estimate of drug-likeness (QED) is 0.298. The van der Waals surface area contributed by atoms with Crippen molar-refractivity contribution in [2.75, 3.05) is 11.5 Å². The van der Waals surface area contributed by atoms with Crippen LogP contribution >= 0.6 is 11.8 Å². The third-order valence-electron chi connectivity index (χ3n) is 2.25. The Morgan fingerprint density at radius 1 is 1.67 bits per heavy atom. The highest BCUT2D eigenvalue weighted by molar-refractivity contribution is 7.99. The summed E-state index contributed by atoms with van der Waals surface area (Å²) in [6, 6.07) is 0. The molecule has 4 heteroatoms. The van der Waals surface area contributed by atoms with E-state index in [1.165, 1.54) is 12.8 Å². The molecule has 1 saturated carbocycles. The van der Waals surface area contributed by atoms with Gasteiger partial charge in [0.1, 0.15) is 5.84 Å². The Labute approximate surface area is 77.4 Å². The van der Waals surface area contributed by atoms with Gasteiger partial charge in [-0.25, -0.2) is 0 Å². The van der Waals surface area contributed by atoms with Gasteiger partial charge in [-0.2, -0.15) is 11.8 Å². The minimum absolute atomic E-state index is 0.372. The van der Waals surface area contributed by atoms with Crippen molar-refractivity contribution in [2.24, 2.45) is 16.3 Å². The highest BCUT2D eigenvalue weighted by Gasteiger charge is 2.42. The van der Waals surface area contributed by atoms with Gasteiger partial charge in [-0.15, -0.1) is 0 Å². The maximum Gasteiger partial charge on any atom is 0.139 e. The molecule has 0 unspecified atom stereocenters. The van der Waals surface area contributed by atoms with Gasteiger partial charge in [0.25, 0.3) is 0 Å². The van der Waals surface area contributed by atoms with Crippen LogP contribution in [0, 0.1) is 5.41 Å². The van der Waals surface area contributed by atoms with Crippen LogP contribution in [0.3, 0.4) is 0 Å². The van der Waals surface area contributed by atoms with Gasteiger partial charge >= 0.3 is 0 Å². The van der Waals surface area contributed by atoms with E-state index < -0.39 is 0 Å². The second kappa shape index (κ2) is 4.03. The third-order valence-corrected chi connectivity index (χ3v) is 3.48. The van der Waals surface area contributed by atoms with E-state index in [1.807, 2.05) is 11.8 Å². The topological polar surface area (TPSA) is 58.6 Å². The molecule has 0 aromatic rings. The van der Waals surface area contributed by atoms with Crippen molar-refractivity contribution in [2.45, 2.75) is 26.2 Å². The number of amidine groups is 1. The number of hydrogen-bond acceptors (Lipinski definition) is 3. The summed E-state index contributed by atoms with van der Waals surface area (Å²) in [5.74, 6) is 2.68. The SMILES string of the molecule is CCSCC1(CC(N)=NO)CC1. The standard InChI is InChI=1S/C8H16N2OS/c1-2-12-6-8(3-4-8)5-7(9)10-11/h11H,2-6H2,1H3,(H2,9,10). The Morgan fingerprint density at radius 3 is 2.75 bits per heavy atom. The van der Waals surface area contributed by atoms with Gasteiger partial charge in [-0.05, 0) is 29.8 Å². The Bertz CT molecular complexity index is 178. The molecule has 1 fully saturated rings. The summed E-state index contributed by atoms with van der Waals surface area (Å²) in [5, 5.41) is 11.4. The van der Waals surface area contributed by atoms with E-state index >= 15 is 0 Å². The molecule has 12 heavy (non-hydrogen) atoms. The van der Waals surface area contributed by atoms with Crippen LogP contribution < -0.4 is 5.73 Å². The predicted molar refractivity (Wildman–Crippen MR) is 52.7 cm³/mol. The van der Waals surface area contributed by atoms with Crippen molar-refractivity contribution in [3.8, 4) is 0 Å². The Morgan fingerprint density at radius 2 is 2.33 bits per heavy atom. The molecular weight excluding hydrogens is 172 g/mol. The maximum absolute atomic E-state index is 8.41. The molecular formula is C8H16N2OS. The van der Waals surface area contributed by atoms with E-state index in [4.69, 9.17) is 10.9 Å². The number of oxime groups is 1. The van der Waals surface area contributed by atoms with Crippen molar-refractivity contribution in [1.29, 1.82) is 0 Å². The summed E-state index contributed by atoms with van der Waals surface area (Å²) in [6.07, 6.45) is 3.23. The van der Waals surface area contributed by atoms with Crippen molar-refractivity contribution in [3.63, 3.8) is 0 Å². The lowest BCUT2D eigenvalue weighted by Gasteiger charge is -2.12. The number of rotatable bonds is 5. The first-order valence-electron chi connectivity index (χ1n) is 4.26. The average Bonchev–Trinajstić information content (AvgIpc) is 2.82. The molecule has 0 aromatic carbocycles. The molecule has 0 heterocycles. The molecule has 0 aliphatic heterocycles. The predicted octanol–water partition coefficient (Wildman–Crippen LogP) is 1.66. The zero-order valence-electron chi connectivity index (χ0n) is 7.42. The molecule has 0 aromatic heterocycles. The summed E-state index contributed by atoms with van der Waals surface area (Å²) in [4.78, 5) is 0. The van der Waals surface area contributed by atoms with Gasteiger partial charge < -0.3 is 10.9 Å². The average molecular weight is 188 g/mol. The number of thioether (sulfide) groups is 1. The molecule has 70 valence electrons. The van der Waals surface area contributed by atoms with Gasteiger partial charge in [0.2, 0.25) is 0 Å². The fourth-order valence-corrected chi connectivity index (χ4v) is 2.31. The van der Waals surface area contributed by atoms with Crippen molar-refractivity contribution in [1.82, 2.24) is 0 Å². The van der Waals surface area contributed by atoms with Gasteiger partial charge in [-0.1, -0.05) is 12.1 Å². The van der Waals surface area contributed by atoms with E-state index in [0.29, 0.717) is 11.3 Å². The first-order valence-corrected chi connectivity index (χ1v) is 5.42. The van der Waals surface area contributed by atoms with E-state index in [0.717, 1.165) is 17.9 Å². The van der Waals surface area contributed by atoms with Crippen LogP contribution in [-0.4, -0.2) is 22.5 Å². The summed E-state index contributed by atoms with van der Waals surface area (Å²) >= 11 is 1.94. The molecule has 0 spiro atoms. The lowest BCUT2D eigenvalue weighted by atomic mass is 10.1. The molecule has 0 bridgehead atoms. The van der Waals surface area contributed by atoms with Gasteiger partial charge in [0.05, 0.1) is 0 Å². The van der Waals surface area contributed by atoms with Crippen molar-refractivity contribution < 1.29 is 5.21 Å². The Balaban J connectivity index is 2.29. The van der Waals surface area contributed by atoms with Gasteiger partial charge in [0.15, 0.2) is 0 Å². The van der Waals surface area contributed by atoms with E-state index in [-0.39, 0.29) is 0 Å². The van der Waals surface area contributed by atoms with Crippen LogP contribution in [0.5, 0.6) is 0 Å².